The normalized spacial score (nSPS) is 16.1. The van der Waals surface area contributed by atoms with Crippen molar-refractivity contribution in [1.82, 2.24) is 10.2 Å². The molecule has 2 heterocycles. The van der Waals surface area contributed by atoms with Crippen molar-refractivity contribution < 1.29 is 13.2 Å². The number of nitrogens with zero attached hydrogens (tertiary/aromatic N) is 2. The molecule has 0 amide bonds. The fourth-order valence-electron chi connectivity index (χ4n) is 3.33. The van der Waals surface area contributed by atoms with E-state index in [1.54, 1.807) is 43.6 Å². The number of halogens is 1. The van der Waals surface area contributed by atoms with Crippen molar-refractivity contribution in [3.8, 4) is 17.0 Å². The van der Waals surface area contributed by atoms with Gasteiger partial charge in [0.1, 0.15) is 5.75 Å². The molecule has 0 saturated carbocycles. The van der Waals surface area contributed by atoms with Crippen LogP contribution in [-0.4, -0.2) is 25.7 Å². The average molecular weight is 390 g/mol. The van der Waals surface area contributed by atoms with Crippen LogP contribution in [0, 0.1) is 0 Å². The molecule has 0 aliphatic carbocycles. The van der Waals surface area contributed by atoms with E-state index in [0.29, 0.717) is 22.0 Å². The number of hydrogen-bond acceptors (Lipinski definition) is 4. The summed E-state index contributed by atoms with van der Waals surface area (Å²) < 4.78 is 33.7. The minimum Gasteiger partial charge on any atom is -0.496 e. The highest BCUT2D eigenvalue weighted by molar-refractivity contribution is 7.92. The SMILES string of the molecule is COc1cccc2c1-c1[nH]ncc1C(C)N2S(=O)(=O)c1ccc(Cl)cc1. The molecule has 26 heavy (non-hydrogen) atoms. The predicted octanol–water partition coefficient (Wildman–Crippen LogP) is 4.01. The van der Waals surface area contributed by atoms with Crippen LogP contribution in [0.1, 0.15) is 18.5 Å². The highest BCUT2D eigenvalue weighted by Gasteiger charge is 2.39. The smallest absolute Gasteiger partial charge is 0.264 e. The Bertz CT molecular complexity index is 1080. The Kier molecular flexibility index (Phi) is 3.93. The van der Waals surface area contributed by atoms with E-state index < -0.39 is 16.1 Å². The number of ether oxygens (including phenoxy) is 1. The molecule has 0 fully saturated rings. The molecule has 1 aliphatic rings. The average Bonchev–Trinajstić information content (AvgIpc) is 3.11. The van der Waals surface area contributed by atoms with E-state index in [9.17, 15) is 8.42 Å². The first-order chi connectivity index (χ1) is 12.4. The largest absolute Gasteiger partial charge is 0.496 e. The molecule has 0 bridgehead atoms. The molecule has 2 aromatic carbocycles. The molecule has 1 aliphatic heterocycles. The van der Waals surface area contributed by atoms with Crippen LogP contribution in [0.25, 0.3) is 11.3 Å². The van der Waals surface area contributed by atoms with Crippen LogP contribution >= 0.6 is 11.6 Å². The summed E-state index contributed by atoms with van der Waals surface area (Å²) >= 11 is 5.91. The van der Waals surface area contributed by atoms with Crippen LogP contribution in [0.4, 0.5) is 5.69 Å². The minimum absolute atomic E-state index is 0.175. The number of benzene rings is 2. The molecular formula is C18H16ClN3O3S. The molecule has 0 radical (unpaired) electrons. The first-order valence-corrected chi connectivity index (χ1v) is 9.77. The minimum atomic E-state index is -3.81. The molecule has 1 N–H and O–H groups in total. The second kappa shape index (κ2) is 6.03. The third kappa shape index (κ3) is 2.39. The molecule has 0 spiro atoms. The lowest BCUT2D eigenvalue weighted by Gasteiger charge is -2.36. The highest BCUT2D eigenvalue weighted by atomic mass is 35.5. The van der Waals surface area contributed by atoms with E-state index in [1.165, 1.54) is 16.4 Å². The maximum atomic E-state index is 13.4. The summed E-state index contributed by atoms with van der Waals surface area (Å²) in [5.41, 5.74) is 2.79. The van der Waals surface area contributed by atoms with E-state index in [4.69, 9.17) is 16.3 Å². The van der Waals surface area contributed by atoms with Crippen LogP contribution in [0.15, 0.2) is 53.6 Å². The first-order valence-electron chi connectivity index (χ1n) is 7.96. The standard InChI is InChI=1S/C18H16ClN3O3S/c1-11-14-10-20-21-18(14)17-15(4-3-5-16(17)25-2)22(11)26(23,24)13-8-6-12(19)7-9-13/h3-11H,1-2H3,(H,20,21). The maximum Gasteiger partial charge on any atom is 0.264 e. The van der Waals surface area contributed by atoms with Crippen LogP contribution in [-0.2, 0) is 10.0 Å². The molecule has 3 aromatic rings. The van der Waals surface area contributed by atoms with Crippen molar-refractivity contribution in [2.24, 2.45) is 0 Å². The fraction of sp³-hybridized carbons (Fsp3) is 0.167. The van der Waals surface area contributed by atoms with E-state index in [-0.39, 0.29) is 4.90 Å². The van der Waals surface area contributed by atoms with Crippen LogP contribution < -0.4 is 9.04 Å². The van der Waals surface area contributed by atoms with Gasteiger partial charge in [-0.05, 0) is 43.3 Å². The van der Waals surface area contributed by atoms with Crippen molar-refractivity contribution >= 4 is 27.3 Å². The number of anilines is 1. The number of rotatable bonds is 3. The number of aromatic amines is 1. The Morgan fingerprint density at radius 1 is 1.19 bits per heavy atom. The van der Waals surface area contributed by atoms with Gasteiger partial charge in [-0.25, -0.2) is 8.42 Å². The summed E-state index contributed by atoms with van der Waals surface area (Å²) in [6.45, 7) is 1.84. The van der Waals surface area contributed by atoms with Gasteiger partial charge in [-0.3, -0.25) is 9.40 Å². The second-order valence-corrected chi connectivity index (χ2v) is 8.24. The Morgan fingerprint density at radius 3 is 2.62 bits per heavy atom. The van der Waals surface area contributed by atoms with E-state index in [2.05, 4.69) is 10.2 Å². The number of methoxy groups -OCH3 is 1. The number of fused-ring (bicyclic) bond motifs is 3. The molecule has 6 nitrogen and oxygen atoms in total. The molecule has 134 valence electrons. The number of H-pyrrole nitrogens is 1. The molecule has 1 atom stereocenters. The van der Waals surface area contributed by atoms with Crippen molar-refractivity contribution in [3.63, 3.8) is 0 Å². The molecular weight excluding hydrogens is 374 g/mol. The van der Waals surface area contributed by atoms with Crippen molar-refractivity contribution in [2.75, 3.05) is 11.4 Å². The summed E-state index contributed by atoms with van der Waals surface area (Å²) in [7, 11) is -2.25. The van der Waals surface area contributed by atoms with Gasteiger partial charge >= 0.3 is 0 Å². The summed E-state index contributed by atoms with van der Waals surface area (Å²) in [5, 5.41) is 7.56. The summed E-state index contributed by atoms with van der Waals surface area (Å²) in [4.78, 5) is 0.175. The molecule has 0 saturated heterocycles. The quantitative estimate of drug-likeness (QED) is 0.734. The van der Waals surface area contributed by atoms with E-state index in [1.807, 2.05) is 6.92 Å². The topological polar surface area (TPSA) is 75.3 Å². The van der Waals surface area contributed by atoms with Gasteiger partial charge in [0.25, 0.3) is 10.0 Å². The third-order valence-electron chi connectivity index (χ3n) is 4.55. The predicted molar refractivity (Wildman–Crippen MR) is 100 cm³/mol. The Labute approximate surface area is 156 Å². The van der Waals surface area contributed by atoms with E-state index >= 15 is 0 Å². The van der Waals surface area contributed by atoms with Gasteiger partial charge in [-0.1, -0.05) is 17.7 Å². The Hall–Kier alpha value is -2.51. The fourth-order valence-corrected chi connectivity index (χ4v) is 5.10. The zero-order chi connectivity index (χ0) is 18.5. The summed E-state index contributed by atoms with van der Waals surface area (Å²) in [5.74, 6) is 0.580. The van der Waals surface area contributed by atoms with Crippen molar-refractivity contribution in [3.05, 3.63) is 59.2 Å². The van der Waals surface area contributed by atoms with Crippen LogP contribution in [0.3, 0.4) is 0 Å². The van der Waals surface area contributed by atoms with Crippen molar-refractivity contribution in [2.45, 2.75) is 17.9 Å². The van der Waals surface area contributed by atoms with Gasteiger partial charge in [-0.2, -0.15) is 5.10 Å². The monoisotopic (exact) mass is 389 g/mol. The first kappa shape index (κ1) is 16.9. The lowest BCUT2D eigenvalue weighted by Crippen LogP contribution is -2.36. The molecule has 4 rings (SSSR count). The second-order valence-electron chi connectivity index (χ2n) is 5.99. The number of sulfonamides is 1. The summed E-state index contributed by atoms with van der Waals surface area (Å²) in [6, 6.07) is 11.1. The van der Waals surface area contributed by atoms with Gasteiger partial charge in [0.15, 0.2) is 0 Å². The van der Waals surface area contributed by atoms with Gasteiger partial charge < -0.3 is 4.74 Å². The number of aromatic nitrogens is 2. The lowest BCUT2D eigenvalue weighted by atomic mass is 9.96. The third-order valence-corrected chi connectivity index (χ3v) is 6.70. The zero-order valence-corrected chi connectivity index (χ0v) is 15.7. The Balaban J connectivity index is 1.97. The lowest BCUT2D eigenvalue weighted by molar-refractivity contribution is 0.416. The molecule has 1 aromatic heterocycles. The van der Waals surface area contributed by atoms with Crippen molar-refractivity contribution in [1.29, 1.82) is 0 Å². The summed E-state index contributed by atoms with van der Waals surface area (Å²) in [6.07, 6.45) is 1.65. The van der Waals surface area contributed by atoms with E-state index in [0.717, 1.165) is 11.3 Å². The van der Waals surface area contributed by atoms with Gasteiger partial charge in [-0.15, -0.1) is 0 Å². The number of hydrogen-bond donors (Lipinski definition) is 1. The van der Waals surface area contributed by atoms with Gasteiger partial charge in [0, 0.05) is 10.6 Å². The van der Waals surface area contributed by atoms with Gasteiger partial charge in [0.2, 0.25) is 0 Å². The zero-order valence-electron chi connectivity index (χ0n) is 14.1. The molecule has 1 unspecified atom stereocenters. The number of nitrogens with one attached hydrogen (secondary N) is 1. The maximum absolute atomic E-state index is 13.4. The van der Waals surface area contributed by atoms with Crippen LogP contribution in [0.5, 0.6) is 5.75 Å². The molecule has 8 heteroatoms. The van der Waals surface area contributed by atoms with Crippen LogP contribution in [0.2, 0.25) is 5.02 Å². The van der Waals surface area contributed by atoms with Gasteiger partial charge in [0.05, 0.1) is 41.2 Å². The highest BCUT2D eigenvalue weighted by Crippen LogP contribution is 2.49. The Morgan fingerprint density at radius 2 is 1.92 bits per heavy atom.